The average Bonchev–Trinajstić information content (AvgIpc) is 2.74. The van der Waals surface area contributed by atoms with Crippen LogP contribution in [0.15, 0.2) is 60.9 Å². The van der Waals surface area contributed by atoms with Crippen molar-refractivity contribution < 1.29 is 14.3 Å². The number of nitrogens with one attached hydrogen (secondary N) is 1. The second-order valence-electron chi connectivity index (χ2n) is 6.12. The molecule has 7 nitrogen and oxygen atoms in total. The highest BCUT2D eigenvalue weighted by Crippen LogP contribution is 2.29. The minimum atomic E-state index is -0.378. The van der Waals surface area contributed by atoms with E-state index in [4.69, 9.17) is 9.47 Å². The van der Waals surface area contributed by atoms with Crippen molar-refractivity contribution in [2.75, 3.05) is 31.5 Å². The Bertz CT molecular complexity index is 930. The Hall–Kier alpha value is -3.61. The number of hydrogen-bond acceptors (Lipinski definition) is 6. The molecule has 2 aromatic carbocycles. The second kappa shape index (κ2) is 8.85. The van der Waals surface area contributed by atoms with Gasteiger partial charge in [-0.15, -0.1) is 0 Å². The molecule has 28 heavy (non-hydrogen) atoms. The lowest BCUT2D eigenvalue weighted by molar-refractivity contribution is 0.102. The van der Waals surface area contributed by atoms with E-state index in [1.807, 2.05) is 42.3 Å². The molecule has 0 spiro atoms. The van der Waals surface area contributed by atoms with Gasteiger partial charge >= 0.3 is 0 Å². The number of carbonyl (C=O) groups excluding carboxylic acids is 1. The van der Waals surface area contributed by atoms with Gasteiger partial charge in [0.25, 0.3) is 5.91 Å². The number of amides is 1. The molecule has 1 N–H and O–H groups in total. The van der Waals surface area contributed by atoms with Crippen LogP contribution >= 0.6 is 0 Å². The first-order valence-electron chi connectivity index (χ1n) is 8.71. The zero-order chi connectivity index (χ0) is 19.9. The Labute approximate surface area is 164 Å². The van der Waals surface area contributed by atoms with Crippen LogP contribution in [0.5, 0.6) is 11.5 Å². The van der Waals surface area contributed by atoms with Gasteiger partial charge in [-0.1, -0.05) is 30.3 Å². The van der Waals surface area contributed by atoms with E-state index in [2.05, 4.69) is 15.3 Å². The van der Waals surface area contributed by atoms with Gasteiger partial charge in [0.15, 0.2) is 0 Å². The largest absolute Gasteiger partial charge is 0.497 e. The normalized spacial score (nSPS) is 10.2. The number of rotatable bonds is 7. The molecule has 0 bridgehead atoms. The van der Waals surface area contributed by atoms with Gasteiger partial charge < -0.3 is 19.7 Å². The van der Waals surface area contributed by atoms with Crippen LogP contribution in [0, 0.1) is 0 Å². The molecule has 0 aliphatic carbocycles. The number of benzene rings is 2. The lowest BCUT2D eigenvalue weighted by Crippen LogP contribution is -2.19. The van der Waals surface area contributed by atoms with Crippen molar-refractivity contribution in [1.29, 1.82) is 0 Å². The van der Waals surface area contributed by atoms with E-state index in [-0.39, 0.29) is 11.6 Å². The van der Waals surface area contributed by atoms with Crippen molar-refractivity contribution in [3.8, 4) is 11.5 Å². The number of methoxy groups -OCH3 is 2. The summed E-state index contributed by atoms with van der Waals surface area (Å²) in [6.45, 7) is 0.696. The van der Waals surface area contributed by atoms with Gasteiger partial charge in [0.2, 0.25) is 0 Å². The monoisotopic (exact) mass is 378 g/mol. The summed E-state index contributed by atoms with van der Waals surface area (Å²) in [4.78, 5) is 23.1. The Morgan fingerprint density at radius 1 is 1.04 bits per heavy atom. The van der Waals surface area contributed by atoms with Gasteiger partial charge in [0.05, 0.1) is 32.3 Å². The van der Waals surface area contributed by atoms with E-state index < -0.39 is 0 Å². The topological polar surface area (TPSA) is 76.6 Å². The van der Waals surface area contributed by atoms with Crippen molar-refractivity contribution in [3.05, 3.63) is 72.2 Å². The Morgan fingerprint density at radius 3 is 2.46 bits per heavy atom. The fourth-order valence-corrected chi connectivity index (χ4v) is 2.67. The predicted octanol–water partition coefficient (Wildman–Crippen LogP) is 3.38. The molecule has 3 rings (SSSR count). The van der Waals surface area contributed by atoms with E-state index in [0.717, 1.165) is 0 Å². The second-order valence-corrected chi connectivity index (χ2v) is 6.12. The van der Waals surface area contributed by atoms with Gasteiger partial charge in [-0.3, -0.25) is 4.79 Å². The van der Waals surface area contributed by atoms with Gasteiger partial charge in [-0.25, -0.2) is 9.97 Å². The molecular weight excluding hydrogens is 356 g/mol. The minimum Gasteiger partial charge on any atom is -0.497 e. The lowest BCUT2D eigenvalue weighted by Gasteiger charge is -2.18. The van der Waals surface area contributed by atoms with Crippen LogP contribution in [-0.4, -0.2) is 37.1 Å². The third-order valence-electron chi connectivity index (χ3n) is 4.18. The Morgan fingerprint density at radius 2 is 1.82 bits per heavy atom. The SMILES string of the molecule is COc1ccc(OC)c(NC(=O)c2cnc(N(C)Cc3ccccc3)cn2)c1. The van der Waals surface area contributed by atoms with Crippen molar-refractivity contribution in [3.63, 3.8) is 0 Å². The summed E-state index contributed by atoms with van der Waals surface area (Å²) in [5, 5.41) is 2.78. The van der Waals surface area contributed by atoms with Crippen molar-refractivity contribution in [2.45, 2.75) is 6.54 Å². The Balaban J connectivity index is 1.70. The van der Waals surface area contributed by atoms with Crippen molar-refractivity contribution in [2.24, 2.45) is 0 Å². The summed E-state index contributed by atoms with van der Waals surface area (Å²) in [5.41, 5.74) is 1.87. The molecule has 0 unspecified atom stereocenters. The zero-order valence-corrected chi connectivity index (χ0v) is 16.0. The summed E-state index contributed by atoms with van der Waals surface area (Å²) in [6, 6.07) is 15.2. The van der Waals surface area contributed by atoms with Gasteiger partial charge in [-0.2, -0.15) is 0 Å². The molecular formula is C21H22N4O3. The first-order chi connectivity index (χ1) is 13.6. The summed E-state index contributed by atoms with van der Waals surface area (Å²) in [7, 11) is 5.02. The smallest absolute Gasteiger partial charge is 0.275 e. The molecule has 7 heteroatoms. The van der Waals surface area contributed by atoms with Crippen molar-refractivity contribution in [1.82, 2.24) is 9.97 Å². The first-order valence-corrected chi connectivity index (χ1v) is 8.71. The molecule has 0 saturated carbocycles. The number of hydrogen-bond donors (Lipinski definition) is 1. The van der Waals surface area contributed by atoms with Crippen LogP contribution in [0.1, 0.15) is 16.1 Å². The summed E-state index contributed by atoms with van der Waals surface area (Å²) < 4.78 is 10.5. The van der Waals surface area contributed by atoms with Crippen LogP contribution in [0.3, 0.4) is 0 Å². The zero-order valence-electron chi connectivity index (χ0n) is 16.0. The number of ether oxygens (including phenoxy) is 2. The fourth-order valence-electron chi connectivity index (χ4n) is 2.67. The van der Waals surface area contributed by atoms with Crippen LogP contribution in [0.2, 0.25) is 0 Å². The minimum absolute atomic E-state index is 0.210. The predicted molar refractivity (Wildman–Crippen MR) is 108 cm³/mol. The third-order valence-corrected chi connectivity index (χ3v) is 4.18. The summed E-state index contributed by atoms with van der Waals surface area (Å²) in [5.74, 6) is 1.44. The molecule has 1 amide bonds. The highest BCUT2D eigenvalue weighted by atomic mass is 16.5. The quantitative estimate of drug-likeness (QED) is 0.679. The highest BCUT2D eigenvalue weighted by Gasteiger charge is 2.13. The van der Waals surface area contributed by atoms with Crippen molar-refractivity contribution >= 4 is 17.4 Å². The summed E-state index contributed by atoms with van der Waals surface area (Å²) >= 11 is 0. The average molecular weight is 378 g/mol. The Kier molecular flexibility index (Phi) is 6.06. The number of nitrogens with zero attached hydrogens (tertiary/aromatic N) is 3. The van der Waals surface area contributed by atoms with Gasteiger partial charge in [-0.05, 0) is 17.7 Å². The third kappa shape index (κ3) is 4.56. The number of aromatic nitrogens is 2. The van der Waals surface area contributed by atoms with E-state index in [1.54, 1.807) is 31.5 Å². The van der Waals surface area contributed by atoms with Crippen LogP contribution in [0.4, 0.5) is 11.5 Å². The molecule has 0 radical (unpaired) electrons. The molecule has 0 fully saturated rings. The highest BCUT2D eigenvalue weighted by molar-refractivity contribution is 6.03. The standard InChI is InChI=1S/C21H22N4O3/c1-25(14-15-7-5-4-6-8-15)20-13-22-18(12-23-20)21(26)24-17-11-16(27-2)9-10-19(17)28-3/h4-13H,14H2,1-3H3,(H,24,26). The van der Waals surface area contributed by atoms with E-state index in [9.17, 15) is 4.79 Å². The molecule has 3 aromatic rings. The molecule has 0 atom stereocenters. The van der Waals surface area contributed by atoms with Crippen LogP contribution in [0.25, 0.3) is 0 Å². The molecule has 1 aromatic heterocycles. The lowest BCUT2D eigenvalue weighted by atomic mass is 10.2. The molecule has 144 valence electrons. The van der Waals surface area contributed by atoms with E-state index >= 15 is 0 Å². The van der Waals surface area contributed by atoms with Crippen LogP contribution in [-0.2, 0) is 6.54 Å². The molecule has 0 aliphatic heterocycles. The first kappa shape index (κ1) is 19.2. The fraction of sp³-hybridized carbons (Fsp3) is 0.190. The molecule has 1 heterocycles. The molecule has 0 saturated heterocycles. The summed E-state index contributed by atoms with van der Waals surface area (Å²) in [6.07, 6.45) is 3.04. The maximum atomic E-state index is 12.5. The van der Waals surface area contributed by atoms with E-state index in [0.29, 0.717) is 29.5 Å². The van der Waals surface area contributed by atoms with Gasteiger partial charge in [0.1, 0.15) is 23.0 Å². The number of anilines is 2. The maximum Gasteiger partial charge on any atom is 0.275 e. The molecule has 0 aliphatic rings. The van der Waals surface area contributed by atoms with E-state index in [1.165, 1.54) is 18.9 Å². The number of carbonyl (C=O) groups is 1. The maximum absolute atomic E-state index is 12.5. The van der Waals surface area contributed by atoms with Crippen LogP contribution < -0.4 is 19.7 Å². The van der Waals surface area contributed by atoms with Gasteiger partial charge in [0, 0.05) is 19.7 Å².